The minimum absolute atomic E-state index is 0.239. The number of nitrogens with one attached hydrogen (secondary N) is 1. The van der Waals surface area contributed by atoms with Crippen molar-refractivity contribution in [2.45, 2.75) is 6.42 Å². The third kappa shape index (κ3) is 2.24. The fourth-order valence-corrected chi connectivity index (χ4v) is 2.30. The number of phenols is 1. The summed E-state index contributed by atoms with van der Waals surface area (Å²) in [5.41, 5.74) is 0. The van der Waals surface area contributed by atoms with Gasteiger partial charge in [0.15, 0.2) is 0 Å². The maximum atomic E-state index is 9.54. The summed E-state index contributed by atoms with van der Waals surface area (Å²) in [4.78, 5) is 4.26. The number of hydrogen-bond donors (Lipinski definition) is 2. The first-order valence-corrected chi connectivity index (χ1v) is 6.24. The summed E-state index contributed by atoms with van der Waals surface area (Å²) < 4.78 is 5.80. The number of aromatic hydroxyl groups is 1. The van der Waals surface area contributed by atoms with Gasteiger partial charge in [-0.2, -0.15) is 0 Å². The number of ether oxygens (including phenoxy) is 1. The number of rotatable bonds is 3. The molecule has 0 saturated carbocycles. The van der Waals surface area contributed by atoms with Gasteiger partial charge in [0.05, 0.1) is 6.61 Å². The number of hydrogen-bond acceptors (Lipinski definition) is 4. The van der Waals surface area contributed by atoms with Gasteiger partial charge in [-0.15, -0.1) is 0 Å². The molecule has 4 heteroatoms. The van der Waals surface area contributed by atoms with Crippen molar-refractivity contribution in [3.8, 4) is 11.6 Å². The predicted octanol–water partition coefficient (Wildman–Crippen LogP) is 1.93. The van der Waals surface area contributed by atoms with Crippen LogP contribution in [0.4, 0.5) is 0 Å². The van der Waals surface area contributed by atoms with Gasteiger partial charge < -0.3 is 15.2 Å². The summed E-state index contributed by atoms with van der Waals surface area (Å²) in [7, 11) is 0. The minimum Gasteiger partial charge on any atom is -0.508 e. The SMILES string of the molecule is Oc1ccc2ccnc(OCC3CCNC3)c2c1. The summed E-state index contributed by atoms with van der Waals surface area (Å²) in [5, 5.41) is 14.7. The molecule has 2 aromatic rings. The van der Waals surface area contributed by atoms with Gasteiger partial charge in [-0.1, -0.05) is 6.07 Å². The van der Waals surface area contributed by atoms with Crippen LogP contribution < -0.4 is 10.1 Å². The quantitative estimate of drug-likeness (QED) is 0.866. The zero-order valence-electron chi connectivity index (χ0n) is 10.1. The van der Waals surface area contributed by atoms with Crippen LogP contribution in [0, 0.1) is 5.92 Å². The summed E-state index contributed by atoms with van der Waals surface area (Å²) in [6, 6.07) is 7.16. The van der Waals surface area contributed by atoms with Crippen LogP contribution >= 0.6 is 0 Å². The zero-order chi connectivity index (χ0) is 12.4. The molecule has 2 N–H and O–H groups in total. The zero-order valence-corrected chi connectivity index (χ0v) is 10.1. The van der Waals surface area contributed by atoms with Gasteiger partial charge in [0, 0.05) is 24.0 Å². The molecule has 1 aliphatic heterocycles. The van der Waals surface area contributed by atoms with E-state index in [0.717, 1.165) is 30.3 Å². The van der Waals surface area contributed by atoms with Gasteiger partial charge in [-0.25, -0.2) is 4.98 Å². The standard InChI is InChI=1S/C14H16N2O2/c17-12-2-1-11-4-6-16-14(13(11)7-12)18-9-10-3-5-15-8-10/h1-2,4,6-7,10,15,17H,3,5,8-9H2. The Labute approximate surface area is 106 Å². The minimum atomic E-state index is 0.239. The molecule has 0 spiro atoms. The third-order valence-electron chi connectivity index (χ3n) is 3.33. The molecular weight excluding hydrogens is 228 g/mol. The largest absolute Gasteiger partial charge is 0.508 e. The Morgan fingerprint density at radius 2 is 2.33 bits per heavy atom. The highest BCUT2D eigenvalue weighted by atomic mass is 16.5. The molecule has 94 valence electrons. The number of aromatic nitrogens is 1. The first-order valence-electron chi connectivity index (χ1n) is 6.24. The van der Waals surface area contributed by atoms with Crippen molar-refractivity contribution in [3.63, 3.8) is 0 Å². The topological polar surface area (TPSA) is 54.4 Å². The van der Waals surface area contributed by atoms with Crippen molar-refractivity contribution in [2.75, 3.05) is 19.7 Å². The van der Waals surface area contributed by atoms with E-state index in [0.29, 0.717) is 18.4 Å². The van der Waals surface area contributed by atoms with Gasteiger partial charge in [0.1, 0.15) is 5.75 Å². The van der Waals surface area contributed by atoms with Crippen LogP contribution in [0.25, 0.3) is 10.8 Å². The van der Waals surface area contributed by atoms with Crippen molar-refractivity contribution < 1.29 is 9.84 Å². The Balaban J connectivity index is 1.84. The van der Waals surface area contributed by atoms with E-state index >= 15 is 0 Å². The van der Waals surface area contributed by atoms with Gasteiger partial charge in [0.25, 0.3) is 0 Å². The summed E-state index contributed by atoms with van der Waals surface area (Å²) in [6.45, 7) is 2.75. The van der Waals surface area contributed by atoms with Crippen molar-refractivity contribution in [3.05, 3.63) is 30.5 Å². The lowest BCUT2D eigenvalue weighted by atomic mass is 10.1. The lowest BCUT2D eigenvalue weighted by molar-refractivity contribution is 0.254. The molecule has 1 unspecified atom stereocenters. The number of nitrogens with zero attached hydrogens (tertiary/aromatic N) is 1. The first kappa shape index (κ1) is 11.3. The molecule has 1 aromatic carbocycles. The van der Waals surface area contributed by atoms with Crippen molar-refractivity contribution >= 4 is 10.8 Å². The van der Waals surface area contributed by atoms with Crippen LogP contribution in [0.15, 0.2) is 30.5 Å². The number of fused-ring (bicyclic) bond motifs is 1. The second-order valence-corrected chi connectivity index (χ2v) is 4.69. The molecule has 1 atom stereocenters. The Hall–Kier alpha value is -1.81. The first-order chi connectivity index (χ1) is 8.83. The highest BCUT2D eigenvalue weighted by Crippen LogP contribution is 2.27. The van der Waals surface area contributed by atoms with Crippen molar-refractivity contribution in [1.82, 2.24) is 10.3 Å². The summed E-state index contributed by atoms with van der Waals surface area (Å²) >= 11 is 0. The van der Waals surface area contributed by atoms with E-state index in [2.05, 4.69) is 10.3 Å². The van der Waals surface area contributed by atoms with E-state index in [1.807, 2.05) is 12.1 Å². The molecule has 0 amide bonds. The van der Waals surface area contributed by atoms with Gasteiger partial charge in [0.2, 0.25) is 5.88 Å². The Kier molecular flexibility index (Phi) is 3.02. The normalized spacial score (nSPS) is 19.2. The van der Waals surface area contributed by atoms with Gasteiger partial charge in [-0.3, -0.25) is 0 Å². The molecule has 1 fully saturated rings. The number of pyridine rings is 1. The lowest BCUT2D eigenvalue weighted by Crippen LogP contribution is -2.15. The van der Waals surface area contributed by atoms with E-state index in [4.69, 9.17) is 4.74 Å². The summed E-state index contributed by atoms with van der Waals surface area (Å²) in [5.74, 6) is 1.40. The fraction of sp³-hybridized carbons (Fsp3) is 0.357. The van der Waals surface area contributed by atoms with Crippen LogP contribution in [0.5, 0.6) is 11.6 Å². The van der Waals surface area contributed by atoms with E-state index in [-0.39, 0.29) is 5.75 Å². The average molecular weight is 244 g/mol. The molecule has 1 saturated heterocycles. The maximum absolute atomic E-state index is 9.54. The molecule has 3 rings (SSSR count). The summed E-state index contributed by atoms with van der Waals surface area (Å²) in [6.07, 6.45) is 2.89. The third-order valence-corrected chi connectivity index (χ3v) is 3.33. The Bertz CT molecular complexity index is 550. The van der Waals surface area contributed by atoms with Crippen LogP contribution in [-0.4, -0.2) is 29.8 Å². The molecular formula is C14H16N2O2. The van der Waals surface area contributed by atoms with E-state index in [1.165, 1.54) is 0 Å². The molecule has 0 aliphatic carbocycles. The van der Waals surface area contributed by atoms with Crippen LogP contribution in [-0.2, 0) is 0 Å². The average Bonchev–Trinajstić information content (AvgIpc) is 2.89. The van der Waals surface area contributed by atoms with Gasteiger partial charge >= 0.3 is 0 Å². The second-order valence-electron chi connectivity index (χ2n) is 4.69. The van der Waals surface area contributed by atoms with E-state index in [1.54, 1.807) is 18.3 Å². The molecule has 2 heterocycles. The van der Waals surface area contributed by atoms with E-state index in [9.17, 15) is 5.11 Å². The maximum Gasteiger partial charge on any atom is 0.221 e. The Morgan fingerprint density at radius 1 is 1.39 bits per heavy atom. The van der Waals surface area contributed by atoms with Crippen LogP contribution in [0.2, 0.25) is 0 Å². The number of phenolic OH excluding ortho intramolecular Hbond substituents is 1. The molecule has 1 aliphatic rings. The predicted molar refractivity (Wildman–Crippen MR) is 69.9 cm³/mol. The van der Waals surface area contributed by atoms with E-state index < -0.39 is 0 Å². The molecule has 0 bridgehead atoms. The lowest BCUT2D eigenvalue weighted by Gasteiger charge is -2.11. The Morgan fingerprint density at radius 3 is 3.17 bits per heavy atom. The molecule has 18 heavy (non-hydrogen) atoms. The highest BCUT2D eigenvalue weighted by Gasteiger charge is 2.15. The molecule has 0 radical (unpaired) electrons. The van der Waals surface area contributed by atoms with Crippen molar-refractivity contribution in [1.29, 1.82) is 0 Å². The van der Waals surface area contributed by atoms with Gasteiger partial charge in [-0.05, 0) is 36.6 Å². The number of benzene rings is 1. The fourth-order valence-electron chi connectivity index (χ4n) is 2.30. The molecule has 4 nitrogen and oxygen atoms in total. The molecule has 1 aromatic heterocycles. The van der Waals surface area contributed by atoms with Crippen LogP contribution in [0.1, 0.15) is 6.42 Å². The monoisotopic (exact) mass is 244 g/mol. The van der Waals surface area contributed by atoms with Crippen LogP contribution in [0.3, 0.4) is 0 Å². The smallest absolute Gasteiger partial charge is 0.221 e. The highest BCUT2D eigenvalue weighted by molar-refractivity contribution is 5.87. The second kappa shape index (κ2) is 4.82. The van der Waals surface area contributed by atoms with Crippen molar-refractivity contribution in [2.24, 2.45) is 5.92 Å².